The molecule has 1 aromatic rings. The smallest absolute Gasteiger partial charge is 0.123 e. The van der Waals surface area contributed by atoms with E-state index in [1.54, 1.807) is 0 Å². The van der Waals surface area contributed by atoms with Gasteiger partial charge in [0, 0.05) is 12.5 Å². The highest BCUT2D eigenvalue weighted by Crippen LogP contribution is 2.09. The maximum absolute atomic E-state index is 10.4. The summed E-state index contributed by atoms with van der Waals surface area (Å²) >= 11 is 0. The standard InChI is InChI=1S/C12H16O2/c1-10(9-14)8-12-4-2-11(3-5-12)6-7-13/h2-5,9-10,13H,6-8H2,1H3. The number of aliphatic hydroxyl groups is 1. The zero-order valence-corrected chi connectivity index (χ0v) is 8.44. The Labute approximate surface area is 84.6 Å². The molecule has 2 nitrogen and oxygen atoms in total. The quantitative estimate of drug-likeness (QED) is 0.719. The van der Waals surface area contributed by atoms with Gasteiger partial charge in [0.15, 0.2) is 0 Å². The van der Waals surface area contributed by atoms with Crippen LogP contribution >= 0.6 is 0 Å². The summed E-state index contributed by atoms with van der Waals surface area (Å²) in [6.45, 7) is 2.10. The zero-order valence-electron chi connectivity index (χ0n) is 8.44. The van der Waals surface area contributed by atoms with E-state index in [-0.39, 0.29) is 12.5 Å². The Morgan fingerprint density at radius 2 is 1.86 bits per heavy atom. The summed E-state index contributed by atoms with van der Waals surface area (Å²) in [6.07, 6.45) is 2.47. The van der Waals surface area contributed by atoms with Crippen molar-refractivity contribution in [1.82, 2.24) is 0 Å². The molecule has 0 aliphatic heterocycles. The van der Waals surface area contributed by atoms with Crippen molar-refractivity contribution in [2.75, 3.05) is 6.61 Å². The van der Waals surface area contributed by atoms with Crippen molar-refractivity contribution < 1.29 is 9.90 Å². The number of aldehydes is 1. The van der Waals surface area contributed by atoms with Crippen LogP contribution in [-0.2, 0) is 17.6 Å². The largest absolute Gasteiger partial charge is 0.396 e. The Hall–Kier alpha value is -1.15. The van der Waals surface area contributed by atoms with Gasteiger partial charge in [0.25, 0.3) is 0 Å². The molecule has 0 spiro atoms. The molecule has 0 saturated heterocycles. The molecule has 76 valence electrons. The first-order chi connectivity index (χ1) is 6.76. The lowest BCUT2D eigenvalue weighted by Gasteiger charge is -2.04. The summed E-state index contributed by atoms with van der Waals surface area (Å²) in [7, 11) is 0. The molecule has 0 fully saturated rings. The molecule has 0 aromatic heterocycles. The maximum Gasteiger partial charge on any atom is 0.123 e. The van der Waals surface area contributed by atoms with Crippen LogP contribution in [0, 0.1) is 5.92 Å². The van der Waals surface area contributed by atoms with Crippen molar-refractivity contribution >= 4 is 6.29 Å². The van der Waals surface area contributed by atoms with Gasteiger partial charge in [-0.3, -0.25) is 0 Å². The molecule has 2 heteroatoms. The van der Waals surface area contributed by atoms with Gasteiger partial charge in [-0.1, -0.05) is 31.2 Å². The molecule has 0 bridgehead atoms. The van der Waals surface area contributed by atoms with Gasteiger partial charge < -0.3 is 9.90 Å². The van der Waals surface area contributed by atoms with E-state index < -0.39 is 0 Å². The summed E-state index contributed by atoms with van der Waals surface area (Å²) in [6, 6.07) is 8.04. The van der Waals surface area contributed by atoms with Crippen LogP contribution in [0.4, 0.5) is 0 Å². The molecule has 1 rings (SSSR count). The fourth-order valence-electron chi connectivity index (χ4n) is 1.39. The van der Waals surface area contributed by atoms with Crippen molar-refractivity contribution in [2.24, 2.45) is 5.92 Å². The molecule has 14 heavy (non-hydrogen) atoms. The first-order valence-electron chi connectivity index (χ1n) is 4.90. The Kier molecular flexibility index (Phi) is 4.33. The highest BCUT2D eigenvalue weighted by molar-refractivity contribution is 5.53. The molecular formula is C12H16O2. The van der Waals surface area contributed by atoms with Gasteiger partial charge in [0.1, 0.15) is 6.29 Å². The first-order valence-corrected chi connectivity index (χ1v) is 4.90. The van der Waals surface area contributed by atoms with Gasteiger partial charge in [0.05, 0.1) is 0 Å². The lowest BCUT2D eigenvalue weighted by Crippen LogP contribution is -2.00. The maximum atomic E-state index is 10.4. The minimum Gasteiger partial charge on any atom is -0.396 e. The van der Waals surface area contributed by atoms with Crippen molar-refractivity contribution in [3.63, 3.8) is 0 Å². The minimum absolute atomic E-state index is 0.0821. The third-order valence-corrected chi connectivity index (χ3v) is 2.21. The molecule has 0 aliphatic carbocycles. The summed E-state index contributed by atoms with van der Waals surface area (Å²) in [5, 5.41) is 8.73. The second kappa shape index (κ2) is 5.55. The van der Waals surface area contributed by atoms with Gasteiger partial charge in [-0.05, 0) is 24.0 Å². The van der Waals surface area contributed by atoms with Crippen molar-refractivity contribution in [2.45, 2.75) is 19.8 Å². The summed E-state index contributed by atoms with van der Waals surface area (Å²) < 4.78 is 0. The van der Waals surface area contributed by atoms with Crippen LogP contribution in [0.15, 0.2) is 24.3 Å². The van der Waals surface area contributed by atoms with Gasteiger partial charge in [-0.25, -0.2) is 0 Å². The predicted octanol–water partition coefficient (Wildman–Crippen LogP) is 1.60. The van der Waals surface area contributed by atoms with E-state index >= 15 is 0 Å². The molecule has 1 atom stereocenters. The summed E-state index contributed by atoms with van der Waals surface area (Å²) in [5.74, 6) is 0.0821. The molecule has 0 radical (unpaired) electrons. The molecule has 0 amide bonds. The van der Waals surface area contributed by atoms with Crippen LogP contribution in [0.25, 0.3) is 0 Å². The highest BCUT2D eigenvalue weighted by atomic mass is 16.2. The number of rotatable bonds is 5. The van der Waals surface area contributed by atoms with Crippen LogP contribution in [0.5, 0.6) is 0 Å². The lowest BCUT2D eigenvalue weighted by atomic mass is 10.0. The fraction of sp³-hybridized carbons (Fsp3) is 0.417. The van der Waals surface area contributed by atoms with Crippen LogP contribution < -0.4 is 0 Å². The Morgan fingerprint density at radius 1 is 1.29 bits per heavy atom. The summed E-state index contributed by atoms with van der Waals surface area (Å²) in [5.41, 5.74) is 2.31. The minimum atomic E-state index is 0.0821. The first kappa shape index (κ1) is 10.9. The van der Waals surface area contributed by atoms with E-state index in [9.17, 15) is 4.79 Å². The molecule has 0 heterocycles. The van der Waals surface area contributed by atoms with Crippen molar-refractivity contribution in [3.05, 3.63) is 35.4 Å². The normalized spacial score (nSPS) is 12.4. The Morgan fingerprint density at radius 3 is 2.36 bits per heavy atom. The van der Waals surface area contributed by atoms with E-state index in [1.807, 2.05) is 31.2 Å². The second-order valence-electron chi connectivity index (χ2n) is 3.61. The summed E-state index contributed by atoms with van der Waals surface area (Å²) in [4.78, 5) is 10.4. The van der Waals surface area contributed by atoms with Gasteiger partial charge >= 0.3 is 0 Å². The molecule has 1 N–H and O–H groups in total. The topological polar surface area (TPSA) is 37.3 Å². The van der Waals surface area contributed by atoms with Crippen LogP contribution in [0.1, 0.15) is 18.1 Å². The Balaban J connectivity index is 2.59. The molecule has 1 unspecified atom stereocenters. The van der Waals surface area contributed by atoms with Crippen LogP contribution in [0.3, 0.4) is 0 Å². The van der Waals surface area contributed by atoms with E-state index in [2.05, 4.69) is 0 Å². The molecular weight excluding hydrogens is 176 g/mol. The second-order valence-corrected chi connectivity index (χ2v) is 3.61. The van der Waals surface area contributed by atoms with E-state index in [4.69, 9.17) is 5.11 Å². The number of carbonyl (C=O) groups is 1. The van der Waals surface area contributed by atoms with Gasteiger partial charge in [-0.15, -0.1) is 0 Å². The Bertz CT molecular complexity index is 277. The average molecular weight is 192 g/mol. The average Bonchev–Trinajstić information content (AvgIpc) is 2.21. The van der Waals surface area contributed by atoms with E-state index in [1.165, 1.54) is 5.56 Å². The number of benzene rings is 1. The SMILES string of the molecule is CC(C=O)Cc1ccc(CCO)cc1. The third-order valence-electron chi connectivity index (χ3n) is 2.21. The van der Waals surface area contributed by atoms with Crippen LogP contribution in [0.2, 0.25) is 0 Å². The van der Waals surface area contributed by atoms with Crippen LogP contribution in [-0.4, -0.2) is 18.0 Å². The van der Waals surface area contributed by atoms with Gasteiger partial charge in [-0.2, -0.15) is 0 Å². The van der Waals surface area contributed by atoms with Gasteiger partial charge in [0.2, 0.25) is 0 Å². The van der Waals surface area contributed by atoms with Crippen molar-refractivity contribution in [1.29, 1.82) is 0 Å². The van der Waals surface area contributed by atoms with E-state index in [0.717, 1.165) is 18.3 Å². The third kappa shape index (κ3) is 3.30. The number of aliphatic hydroxyl groups excluding tert-OH is 1. The number of hydrogen-bond donors (Lipinski definition) is 1. The number of carbonyl (C=O) groups excluding carboxylic acids is 1. The highest BCUT2D eigenvalue weighted by Gasteiger charge is 2.01. The lowest BCUT2D eigenvalue weighted by molar-refractivity contribution is -0.110. The van der Waals surface area contributed by atoms with Crippen molar-refractivity contribution in [3.8, 4) is 0 Å². The monoisotopic (exact) mass is 192 g/mol. The predicted molar refractivity (Wildman–Crippen MR) is 56.2 cm³/mol. The number of hydrogen-bond acceptors (Lipinski definition) is 2. The molecule has 0 aliphatic rings. The molecule has 0 saturated carbocycles. The van der Waals surface area contributed by atoms with E-state index in [0.29, 0.717) is 6.42 Å². The zero-order chi connectivity index (χ0) is 10.4. The molecule has 1 aromatic carbocycles. The fourth-order valence-corrected chi connectivity index (χ4v) is 1.39.